The number of unbranched alkanes of at least 4 members (excludes halogenated alkanes) is 2. The van der Waals surface area contributed by atoms with Gasteiger partial charge in [0.15, 0.2) is 0 Å². The summed E-state index contributed by atoms with van der Waals surface area (Å²) in [7, 11) is 0. The molecule has 0 saturated heterocycles. The summed E-state index contributed by atoms with van der Waals surface area (Å²) in [5.41, 5.74) is 1.08. The zero-order chi connectivity index (χ0) is 29.9. The lowest BCUT2D eigenvalue weighted by molar-refractivity contribution is -0.757. The summed E-state index contributed by atoms with van der Waals surface area (Å²) < 4.78 is 10.7. The normalized spacial score (nSPS) is 21.1. The summed E-state index contributed by atoms with van der Waals surface area (Å²) in [5, 5.41) is 33.3. The lowest BCUT2D eigenvalue weighted by Gasteiger charge is -2.20. The van der Waals surface area contributed by atoms with Crippen molar-refractivity contribution in [2.75, 3.05) is 19.8 Å². The van der Waals surface area contributed by atoms with E-state index in [-0.39, 0.29) is 37.4 Å². The van der Waals surface area contributed by atoms with Gasteiger partial charge < -0.3 is 29.8 Å². The number of rotatable bonds is 19. The van der Waals surface area contributed by atoms with Crippen LogP contribution in [-0.4, -0.2) is 65.4 Å². The number of aryl methyl sites for hydroxylation is 1. The molecule has 0 heterocycles. The van der Waals surface area contributed by atoms with Crippen molar-refractivity contribution in [1.29, 1.82) is 0 Å². The molecule has 1 aliphatic carbocycles. The quantitative estimate of drug-likeness (QED) is 0.0718. The van der Waals surface area contributed by atoms with E-state index >= 15 is 0 Å². The number of aliphatic hydroxyl groups excluding tert-OH is 2. The van der Waals surface area contributed by atoms with Crippen molar-refractivity contribution < 1.29 is 39.2 Å². The number of aliphatic hydroxyl groups is 2. The number of nitrogens with zero attached hydrogens (tertiary/aromatic N) is 1. The first-order valence-corrected chi connectivity index (χ1v) is 14.4. The third kappa shape index (κ3) is 14.1. The molecule has 0 unspecified atom stereocenters. The minimum atomic E-state index is -0.864. The predicted octanol–water partition coefficient (Wildman–Crippen LogP) is 4.30. The minimum absolute atomic E-state index is 0.0376. The third-order valence-electron chi connectivity index (χ3n) is 6.95. The van der Waals surface area contributed by atoms with Gasteiger partial charge >= 0.3 is 6.16 Å². The van der Waals surface area contributed by atoms with Gasteiger partial charge in [-0.1, -0.05) is 48.6 Å². The number of allylic oxidation sites excluding steroid dienone is 2. The van der Waals surface area contributed by atoms with Crippen LogP contribution in [0.4, 0.5) is 4.79 Å². The van der Waals surface area contributed by atoms with Gasteiger partial charge in [0.05, 0.1) is 25.4 Å². The Hall–Kier alpha value is -3.44. The van der Waals surface area contributed by atoms with Crippen LogP contribution in [0.15, 0.2) is 54.6 Å². The Balaban J connectivity index is 1.93. The number of carbonyl (C=O) groups excluding carboxylic acids is 2. The number of amides is 1. The average molecular weight is 577 g/mol. The molecule has 0 bridgehead atoms. The first kappa shape index (κ1) is 33.8. The maximum atomic E-state index is 12.3. The van der Waals surface area contributed by atoms with Gasteiger partial charge in [-0.15, -0.1) is 10.1 Å². The van der Waals surface area contributed by atoms with Crippen LogP contribution in [0.25, 0.3) is 0 Å². The number of benzene rings is 1. The zero-order valence-corrected chi connectivity index (χ0v) is 23.8. The third-order valence-corrected chi connectivity index (χ3v) is 6.95. The molecule has 11 heteroatoms. The highest BCUT2D eigenvalue weighted by atomic mass is 16.9. The van der Waals surface area contributed by atoms with Gasteiger partial charge in [-0.2, -0.15) is 0 Å². The van der Waals surface area contributed by atoms with E-state index in [1.54, 1.807) is 6.08 Å². The maximum absolute atomic E-state index is 12.3. The zero-order valence-electron chi connectivity index (χ0n) is 23.8. The van der Waals surface area contributed by atoms with Crippen molar-refractivity contribution in [2.24, 2.45) is 11.8 Å². The van der Waals surface area contributed by atoms with E-state index in [0.717, 1.165) is 18.4 Å². The SMILES string of the molecule is CCNC(=O)CCC/C=C/C[C@@H]1[C@@H](/C=C/[C@H](CCc2ccccc2)OC(=O)OCCCCO[N+](=O)[O-])[C@H](O)C[C@@H]1O. The first-order valence-electron chi connectivity index (χ1n) is 14.4. The van der Waals surface area contributed by atoms with Gasteiger partial charge in [-0.3, -0.25) is 4.79 Å². The maximum Gasteiger partial charge on any atom is 0.508 e. The predicted molar refractivity (Wildman–Crippen MR) is 152 cm³/mol. The van der Waals surface area contributed by atoms with Gasteiger partial charge in [0.25, 0.3) is 5.09 Å². The van der Waals surface area contributed by atoms with E-state index in [0.29, 0.717) is 45.1 Å². The van der Waals surface area contributed by atoms with Crippen LogP contribution in [0.5, 0.6) is 0 Å². The van der Waals surface area contributed by atoms with E-state index in [9.17, 15) is 29.9 Å². The van der Waals surface area contributed by atoms with Crippen LogP contribution < -0.4 is 5.32 Å². The monoisotopic (exact) mass is 576 g/mol. The molecule has 228 valence electrons. The minimum Gasteiger partial charge on any atom is -0.434 e. The molecule has 11 nitrogen and oxygen atoms in total. The molecule has 1 aromatic carbocycles. The van der Waals surface area contributed by atoms with E-state index in [4.69, 9.17) is 9.47 Å². The summed E-state index contributed by atoms with van der Waals surface area (Å²) >= 11 is 0. The van der Waals surface area contributed by atoms with Gasteiger partial charge in [-0.25, -0.2) is 4.79 Å². The molecule has 5 atom stereocenters. The van der Waals surface area contributed by atoms with E-state index in [1.165, 1.54) is 0 Å². The number of carbonyl (C=O) groups is 2. The lowest BCUT2D eigenvalue weighted by Crippen LogP contribution is -2.22. The molecule has 3 N–H and O–H groups in total. The van der Waals surface area contributed by atoms with Crippen molar-refractivity contribution in [2.45, 2.75) is 83.0 Å². The second-order valence-corrected chi connectivity index (χ2v) is 10.1. The molecule has 1 fully saturated rings. The van der Waals surface area contributed by atoms with E-state index in [2.05, 4.69) is 10.2 Å². The van der Waals surface area contributed by atoms with E-state index in [1.807, 2.05) is 55.5 Å². The Morgan fingerprint density at radius 2 is 1.88 bits per heavy atom. The van der Waals surface area contributed by atoms with E-state index < -0.39 is 29.6 Å². The van der Waals surface area contributed by atoms with Crippen LogP contribution in [0.1, 0.15) is 63.9 Å². The van der Waals surface area contributed by atoms with Crippen LogP contribution in [0, 0.1) is 22.0 Å². The summed E-state index contributed by atoms with van der Waals surface area (Å²) in [5.74, 6) is -0.468. The van der Waals surface area contributed by atoms with Crippen molar-refractivity contribution in [3.63, 3.8) is 0 Å². The molecule has 41 heavy (non-hydrogen) atoms. The fourth-order valence-corrected chi connectivity index (χ4v) is 4.80. The molecule has 0 spiro atoms. The summed E-state index contributed by atoms with van der Waals surface area (Å²) in [6.45, 7) is 2.47. The largest absolute Gasteiger partial charge is 0.508 e. The summed E-state index contributed by atoms with van der Waals surface area (Å²) in [6.07, 6.45) is 9.43. The summed E-state index contributed by atoms with van der Waals surface area (Å²) in [6, 6.07) is 9.78. The molecule has 0 aromatic heterocycles. The highest BCUT2D eigenvalue weighted by molar-refractivity contribution is 5.75. The number of ether oxygens (including phenoxy) is 2. The second kappa shape index (κ2) is 19.6. The number of hydrogen-bond acceptors (Lipinski definition) is 9. The Kier molecular flexibility index (Phi) is 16.1. The number of nitrogens with one attached hydrogen (secondary N) is 1. The smallest absolute Gasteiger partial charge is 0.434 e. The Labute approximate surface area is 241 Å². The average Bonchev–Trinajstić information content (AvgIpc) is 3.21. The van der Waals surface area contributed by atoms with Crippen molar-refractivity contribution in [3.05, 3.63) is 70.3 Å². The van der Waals surface area contributed by atoms with Crippen molar-refractivity contribution >= 4 is 12.1 Å². The Morgan fingerprint density at radius 3 is 2.61 bits per heavy atom. The molecule has 0 aliphatic heterocycles. The second-order valence-electron chi connectivity index (χ2n) is 10.1. The van der Waals surface area contributed by atoms with Gasteiger partial charge in [0, 0.05) is 25.3 Å². The standard InChI is InChI=1S/C30H44N2O9/c1-2-31-29(35)15-9-4-3-8-14-25-26(28(34)22-27(25)33)19-18-24(17-16-23-12-6-5-7-13-23)41-30(36)39-20-10-11-21-40-32(37)38/h3,5-8,12-13,18-19,24-28,33-34H,2,4,9-11,14-17,20-22H2,1H3,(H,31,35)/b8-3+,19-18+/t24-,25+,26+,27-,28+/m0/s1. The first-order chi connectivity index (χ1) is 19.8. The molecule has 1 aliphatic rings. The fourth-order valence-electron chi connectivity index (χ4n) is 4.80. The van der Waals surface area contributed by atoms with Crippen LogP contribution in [0.3, 0.4) is 0 Å². The van der Waals surface area contributed by atoms with Gasteiger partial charge in [0.2, 0.25) is 5.91 Å². The number of hydrogen-bond donors (Lipinski definition) is 3. The van der Waals surface area contributed by atoms with Gasteiger partial charge in [-0.05, 0) is 69.4 Å². The van der Waals surface area contributed by atoms with Gasteiger partial charge in [0.1, 0.15) is 6.10 Å². The topological polar surface area (TPSA) is 157 Å². The lowest BCUT2D eigenvalue weighted by atomic mass is 9.89. The molecule has 1 saturated carbocycles. The van der Waals surface area contributed by atoms with Crippen molar-refractivity contribution in [3.8, 4) is 0 Å². The Bertz CT molecular complexity index is 970. The van der Waals surface area contributed by atoms with Crippen molar-refractivity contribution in [1.82, 2.24) is 5.32 Å². The Morgan fingerprint density at radius 1 is 1.12 bits per heavy atom. The molecular formula is C30H44N2O9. The van der Waals surface area contributed by atoms with Crippen LogP contribution in [-0.2, 0) is 25.5 Å². The fraction of sp³-hybridized carbons (Fsp3) is 0.600. The van der Waals surface area contributed by atoms with Crippen LogP contribution in [0.2, 0.25) is 0 Å². The summed E-state index contributed by atoms with van der Waals surface area (Å²) in [4.78, 5) is 38.3. The highest BCUT2D eigenvalue weighted by Gasteiger charge is 2.39. The molecular weight excluding hydrogens is 532 g/mol. The molecule has 0 radical (unpaired) electrons. The molecule has 1 aromatic rings. The molecule has 1 amide bonds. The molecule has 2 rings (SSSR count). The van der Waals surface area contributed by atoms with Crippen LogP contribution >= 0.6 is 0 Å². The highest BCUT2D eigenvalue weighted by Crippen LogP contribution is 2.36.